The lowest BCUT2D eigenvalue weighted by Crippen LogP contribution is -2.17. The van der Waals surface area contributed by atoms with Crippen molar-refractivity contribution in [2.24, 2.45) is 0 Å². The zero-order valence-corrected chi connectivity index (χ0v) is 13.4. The van der Waals surface area contributed by atoms with Crippen LogP contribution in [0.3, 0.4) is 0 Å². The first-order chi connectivity index (χ1) is 8.57. The van der Waals surface area contributed by atoms with Gasteiger partial charge in [0.1, 0.15) is 5.75 Å². The number of phenolic OH excluding ortho intramolecular Hbond substituents is 1. The topological polar surface area (TPSA) is 20.2 Å². The van der Waals surface area contributed by atoms with Gasteiger partial charge < -0.3 is 5.11 Å². The fourth-order valence-corrected chi connectivity index (χ4v) is 2.10. The van der Waals surface area contributed by atoms with Crippen molar-refractivity contribution in [3.63, 3.8) is 0 Å². The average molecular weight is 259 g/mol. The van der Waals surface area contributed by atoms with E-state index in [0.717, 1.165) is 23.1 Å². The summed E-state index contributed by atoms with van der Waals surface area (Å²) < 4.78 is 0. The van der Waals surface area contributed by atoms with Crippen LogP contribution in [0.5, 0.6) is 5.75 Å². The van der Waals surface area contributed by atoms with Crippen molar-refractivity contribution in [3.05, 3.63) is 34.9 Å². The third-order valence-electron chi connectivity index (χ3n) is 3.22. The van der Waals surface area contributed by atoms with Crippen molar-refractivity contribution in [1.82, 2.24) is 0 Å². The first-order valence-electron chi connectivity index (χ1n) is 7.02. The van der Waals surface area contributed by atoms with Crippen LogP contribution < -0.4 is 0 Å². The molecule has 1 radical (unpaired) electrons. The standard InChI is InChI=1S/C18H27O/c1-8-9-10-13-11-14(17(2,3)4)16(19)15(12-13)18(5,6)7/h10-12,19H,8H2,1-7H3. The van der Waals surface area contributed by atoms with E-state index in [1.165, 1.54) is 0 Å². The fraction of sp³-hybridized carbons (Fsp3) is 0.556. The molecule has 0 saturated heterocycles. The number of hydrogen-bond acceptors (Lipinski definition) is 1. The number of benzene rings is 1. The predicted octanol–water partition coefficient (Wildman–Crippen LogP) is 5.21. The van der Waals surface area contributed by atoms with Crippen LogP contribution in [0.1, 0.15) is 71.6 Å². The van der Waals surface area contributed by atoms with Crippen molar-refractivity contribution in [2.45, 2.75) is 65.7 Å². The summed E-state index contributed by atoms with van der Waals surface area (Å²) in [5, 5.41) is 10.6. The Morgan fingerprint density at radius 2 is 1.42 bits per heavy atom. The van der Waals surface area contributed by atoms with Gasteiger partial charge in [0.2, 0.25) is 0 Å². The third kappa shape index (κ3) is 3.86. The molecule has 0 bridgehead atoms. The van der Waals surface area contributed by atoms with Crippen LogP contribution in [0.4, 0.5) is 0 Å². The molecule has 1 aromatic rings. The van der Waals surface area contributed by atoms with Crippen molar-refractivity contribution in [2.75, 3.05) is 0 Å². The molecule has 105 valence electrons. The summed E-state index contributed by atoms with van der Waals surface area (Å²) in [4.78, 5) is 0. The Kier molecular flexibility index (Phi) is 4.50. The zero-order chi connectivity index (χ0) is 14.8. The Bertz CT molecular complexity index is 432. The third-order valence-corrected chi connectivity index (χ3v) is 3.22. The minimum absolute atomic E-state index is 0.0693. The van der Waals surface area contributed by atoms with Crippen molar-refractivity contribution >= 4 is 6.08 Å². The van der Waals surface area contributed by atoms with Crippen molar-refractivity contribution in [1.29, 1.82) is 0 Å². The largest absolute Gasteiger partial charge is 0.507 e. The van der Waals surface area contributed by atoms with E-state index in [9.17, 15) is 5.11 Å². The van der Waals surface area contributed by atoms with Gasteiger partial charge in [-0.1, -0.05) is 54.5 Å². The van der Waals surface area contributed by atoms with Crippen LogP contribution in [-0.4, -0.2) is 5.11 Å². The smallest absolute Gasteiger partial charge is 0.123 e. The number of aromatic hydroxyl groups is 1. The first-order valence-corrected chi connectivity index (χ1v) is 7.02. The Morgan fingerprint density at radius 1 is 1.00 bits per heavy atom. The van der Waals surface area contributed by atoms with E-state index in [2.05, 4.69) is 66.7 Å². The summed E-state index contributed by atoms with van der Waals surface area (Å²) in [6.45, 7) is 14.9. The molecule has 0 aliphatic carbocycles. The highest BCUT2D eigenvalue weighted by molar-refractivity contribution is 5.58. The Hall–Kier alpha value is -1.24. The van der Waals surface area contributed by atoms with Gasteiger partial charge >= 0.3 is 0 Å². The van der Waals surface area contributed by atoms with Crippen LogP contribution in [0.2, 0.25) is 0 Å². The van der Waals surface area contributed by atoms with Crippen LogP contribution >= 0.6 is 0 Å². The molecule has 0 spiro atoms. The molecule has 1 heteroatoms. The Morgan fingerprint density at radius 3 is 1.74 bits per heavy atom. The maximum absolute atomic E-state index is 10.6. The van der Waals surface area contributed by atoms with Gasteiger partial charge in [-0.3, -0.25) is 0 Å². The van der Waals surface area contributed by atoms with Gasteiger partial charge in [0.05, 0.1) is 0 Å². The molecule has 0 unspecified atom stereocenters. The molecule has 19 heavy (non-hydrogen) atoms. The van der Waals surface area contributed by atoms with Gasteiger partial charge in [-0.25, -0.2) is 0 Å². The monoisotopic (exact) mass is 259 g/mol. The molecule has 1 rings (SSSR count). The lowest BCUT2D eigenvalue weighted by atomic mass is 9.78. The molecule has 1 N–H and O–H groups in total. The lowest BCUT2D eigenvalue weighted by molar-refractivity contribution is 0.423. The van der Waals surface area contributed by atoms with E-state index in [4.69, 9.17) is 0 Å². The number of hydrogen-bond donors (Lipinski definition) is 1. The zero-order valence-electron chi connectivity index (χ0n) is 13.4. The summed E-state index contributed by atoms with van der Waals surface area (Å²) in [5.41, 5.74) is 2.99. The van der Waals surface area contributed by atoms with Crippen molar-refractivity contribution in [3.8, 4) is 5.75 Å². The maximum atomic E-state index is 10.6. The van der Waals surface area contributed by atoms with E-state index in [0.29, 0.717) is 5.75 Å². The van der Waals surface area contributed by atoms with Gasteiger partial charge in [-0.2, -0.15) is 0 Å². The number of phenols is 1. The van der Waals surface area contributed by atoms with E-state index in [1.807, 2.05) is 6.08 Å². The van der Waals surface area contributed by atoms with Gasteiger partial charge in [0.15, 0.2) is 0 Å². The second kappa shape index (κ2) is 5.40. The molecule has 0 fully saturated rings. The van der Waals surface area contributed by atoms with E-state index >= 15 is 0 Å². The van der Waals surface area contributed by atoms with Gasteiger partial charge in [-0.15, -0.1) is 0 Å². The second-order valence-corrected chi connectivity index (χ2v) is 7.17. The highest BCUT2D eigenvalue weighted by Gasteiger charge is 2.25. The van der Waals surface area contributed by atoms with E-state index in [1.54, 1.807) is 0 Å². The second-order valence-electron chi connectivity index (χ2n) is 7.17. The van der Waals surface area contributed by atoms with Crippen LogP contribution in [0.15, 0.2) is 12.1 Å². The summed E-state index contributed by atoms with van der Waals surface area (Å²) in [5.74, 6) is 0.439. The molecular weight excluding hydrogens is 232 g/mol. The SMILES string of the molecule is CC[C]=Cc1cc(C(C)(C)C)c(O)c(C(C)(C)C)c1. The normalized spacial score (nSPS) is 13.2. The summed E-state index contributed by atoms with van der Waals surface area (Å²) >= 11 is 0. The molecule has 0 atom stereocenters. The van der Waals surface area contributed by atoms with E-state index < -0.39 is 0 Å². The van der Waals surface area contributed by atoms with Crippen LogP contribution in [-0.2, 0) is 10.8 Å². The highest BCUT2D eigenvalue weighted by atomic mass is 16.3. The highest BCUT2D eigenvalue weighted by Crippen LogP contribution is 2.39. The number of rotatable bonds is 2. The van der Waals surface area contributed by atoms with E-state index in [-0.39, 0.29) is 10.8 Å². The van der Waals surface area contributed by atoms with Gasteiger partial charge in [0.25, 0.3) is 0 Å². The average Bonchev–Trinajstić information content (AvgIpc) is 2.24. The molecule has 0 aliphatic rings. The van der Waals surface area contributed by atoms with Gasteiger partial charge in [0, 0.05) is 11.1 Å². The van der Waals surface area contributed by atoms with Crippen LogP contribution in [0, 0.1) is 6.08 Å². The summed E-state index contributed by atoms with van der Waals surface area (Å²) in [6, 6.07) is 4.15. The minimum atomic E-state index is -0.0693. The van der Waals surface area contributed by atoms with Gasteiger partial charge in [-0.05, 0) is 41.0 Å². The molecule has 0 saturated carbocycles. The predicted molar refractivity (Wildman–Crippen MR) is 83.5 cm³/mol. The molecule has 0 heterocycles. The lowest BCUT2D eigenvalue weighted by Gasteiger charge is -2.27. The minimum Gasteiger partial charge on any atom is -0.507 e. The van der Waals surface area contributed by atoms with Crippen molar-refractivity contribution < 1.29 is 5.11 Å². The fourth-order valence-electron chi connectivity index (χ4n) is 2.10. The summed E-state index contributed by atoms with van der Waals surface area (Å²) in [7, 11) is 0. The molecule has 0 amide bonds. The van der Waals surface area contributed by atoms with Crippen LogP contribution in [0.25, 0.3) is 6.08 Å². The molecule has 1 aromatic carbocycles. The maximum Gasteiger partial charge on any atom is 0.123 e. The molecule has 0 aliphatic heterocycles. The summed E-state index contributed by atoms with van der Waals surface area (Å²) in [6.07, 6.45) is 6.15. The molecule has 0 aromatic heterocycles. The molecular formula is C18H27O. The Labute approximate surface area is 118 Å². The first kappa shape index (κ1) is 15.8. The quantitative estimate of drug-likeness (QED) is 0.772. The number of allylic oxidation sites excluding steroid dienone is 1. The Balaban J connectivity index is 3.52. The molecule has 1 nitrogen and oxygen atoms in total.